The van der Waals surface area contributed by atoms with E-state index >= 15 is 0 Å². The van der Waals surface area contributed by atoms with E-state index in [4.69, 9.17) is 11.5 Å². The van der Waals surface area contributed by atoms with E-state index in [1.165, 1.54) is 0 Å². The van der Waals surface area contributed by atoms with Crippen LogP contribution in [0.25, 0.3) is 0 Å². The monoisotopic (exact) mass is 348 g/mol. The van der Waals surface area contributed by atoms with Crippen molar-refractivity contribution in [2.24, 2.45) is 0 Å². The summed E-state index contributed by atoms with van der Waals surface area (Å²) in [5.41, 5.74) is 5.80. The van der Waals surface area contributed by atoms with Crippen molar-refractivity contribution in [1.29, 1.82) is 0 Å². The molecule has 0 aromatic heterocycles. The average molecular weight is 348 g/mol. The number of hydrogen-bond acceptors (Lipinski definition) is 5. The Balaban J connectivity index is 3.72. The number of nitrogen functional groups attached to an aromatic ring is 2. The molecule has 7 N–H and O–H groups in total. The summed E-state index contributed by atoms with van der Waals surface area (Å²) in [6, 6.07) is 0.556. The van der Waals surface area contributed by atoms with Gasteiger partial charge in [0.25, 0.3) is 0 Å². The van der Waals surface area contributed by atoms with Gasteiger partial charge < -0.3 is 26.8 Å². The minimum Gasteiger partial charge on any atom is -0.398 e. The number of aliphatic hydroxyl groups excluding tert-OH is 3. The smallest absolute Gasteiger partial charge is 0.398 e. The molecule has 11 heteroatoms. The minimum atomic E-state index is -5.26. The van der Waals surface area contributed by atoms with Crippen LogP contribution in [0.5, 0.6) is 0 Å². The molecule has 3 atom stereocenters. The van der Waals surface area contributed by atoms with E-state index in [2.05, 4.69) is 0 Å². The fraction of sp³-hybridized carbons (Fsp3) is 0.500. The quantitative estimate of drug-likeness (QED) is 0.424. The van der Waals surface area contributed by atoms with Crippen LogP contribution < -0.4 is 11.5 Å². The van der Waals surface area contributed by atoms with E-state index < -0.39 is 58.7 Å². The van der Waals surface area contributed by atoms with Crippen LogP contribution in [0.2, 0.25) is 0 Å². The normalized spacial score (nSPS) is 17.0. The van der Waals surface area contributed by atoms with Crippen LogP contribution in [0, 0.1) is 0 Å². The number of rotatable bonds is 3. The number of nitrogens with two attached hydrogens (primary N) is 2. The molecule has 5 nitrogen and oxygen atoms in total. The van der Waals surface area contributed by atoms with Crippen LogP contribution in [-0.2, 0) is 0 Å². The lowest BCUT2D eigenvalue weighted by atomic mass is 9.91. The van der Waals surface area contributed by atoms with Crippen molar-refractivity contribution in [2.45, 2.75) is 37.6 Å². The molecule has 0 amide bonds. The van der Waals surface area contributed by atoms with Crippen LogP contribution >= 0.6 is 0 Å². The van der Waals surface area contributed by atoms with Gasteiger partial charge in [-0.15, -0.1) is 0 Å². The van der Waals surface area contributed by atoms with Crippen LogP contribution in [-0.4, -0.2) is 27.7 Å². The predicted octanol–water partition coefficient (Wildman–Crippen LogP) is 2.10. The molecule has 23 heavy (non-hydrogen) atoms. The third kappa shape index (κ3) is 3.79. The minimum absolute atomic E-state index is 0.532. The molecule has 1 aromatic carbocycles. The number of alkyl halides is 6. The van der Waals surface area contributed by atoms with Gasteiger partial charge in [-0.2, -0.15) is 26.3 Å². The summed E-state index contributed by atoms with van der Waals surface area (Å²) in [6.45, 7) is 1.04. The Morgan fingerprint density at radius 3 is 1.57 bits per heavy atom. The first-order valence-corrected chi connectivity index (χ1v) is 6.08. The lowest BCUT2D eigenvalue weighted by molar-refractivity contribution is -0.208. The molecule has 0 fully saturated rings. The Morgan fingerprint density at radius 2 is 1.22 bits per heavy atom. The molecule has 0 saturated carbocycles. The standard InChI is InChI=1S/C12H14F6N2O3/c1-3(21)4-2-5(9(22)11(13,14)15)8(20)6(7(4)19)10(23)12(16,17)18/h2-3,9-10,21-23H,19-20H2,1H3. The predicted molar refractivity (Wildman–Crippen MR) is 67.9 cm³/mol. The Bertz CT molecular complexity index is 586. The van der Waals surface area contributed by atoms with E-state index in [1.807, 2.05) is 0 Å². The van der Waals surface area contributed by atoms with Crippen molar-refractivity contribution in [1.82, 2.24) is 0 Å². The molecule has 1 rings (SSSR count). The highest BCUT2D eigenvalue weighted by molar-refractivity contribution is 5.71. The summed E-state index contributed by atoms with van der Waals surface area (Å²) in [7, 11) is 0. The van der Waals surface area contributed by atoms with Gasteiger partial charge in [0, 0.05) is 28.1 Å². The molecule has 0 heterocycles. The van der Waals surface area contributed by atoms with Crippen molar-refractivity contribution in [3.8, 4) is 0 Å². The van der Waals surface area contributed by atoms with E-state index in [9.17, 15) is 41.7 Å². The molecule has 0 radical (unpaired) electrons. The van der Waals surface area contributed by atoms with Crippen molar-refractivity contribution in [2.75, 3.05) is 11.5 Å². The van der Waals surface area contributed by atoms with Crippen molar-refractivity contribution in [3.05, 3.63) is 22.8 Å². The van der Waals surface area contributed by atoms with Gasteiger partial charge in [-0.05, 0) is 13.0 Å². The summed E-state index contributed by atoms with van der Waals surface area (Å²) in [6.07, 6.45) is -18.5. The molecule has 0 aliphatic heterocycles. The third-order valence-corrected chi connectivity index (χ3v) is 3.15. The second-order valence-corrected chi connectivity index (χ2v) is 4.86. The molecule has 0 saturated heterocycles. The average Bonchev–Trinajstić information content (AvgIpc) is 2.35. The van der Waals surface area contributed by atoms with Crippen molar-refractivity contribution in [3.63, 3.8) is 0 Å². The van der Waals surface area contributed by atoms with Gasteiger partial charge in [0.1, 0.15) is 0 Å². The zero-order valence-electron chi connectivity index (χ0n) is 11.6. The number of benzene rings is 1. The molecule has 0 aliphatic rings. The zero-order chi connectivity index (χ0) is 18.3. The number of anilines is 2. The van der Waals surface area contributed by atoms with E-state index in [0.29, 0.717) is 6.07 Å². The molecule has 0 bridgehead atoms. The second-order valence-electron chi connectivity index (χ2n) is 4.86. The summed E-state index contributed by atoms with van der Waals surface area (Å²) in [5, 5.41) is 28.0. The Labute approximate surface area is 126 Å². The lowest BCUT2D eigenvalue weighted by Gasteiger charge is -2.26. The van der Waals surface area contributed by atoms with E-state index in [1.54, 1.807) is 0 Å². The molecule has 1 aromatic rings. The molecule has 0 spiro atoms. The zero-order valence-corrected chi connectivity index (χ0v) is 11.6. The number of hydrogen-bond donors (Lipinski definition) is 5. The van der Waals surface area contributed by atoms with Gasteiger partial charge in [-0.3, -0.25) is 0 Å². The maximum absolute atomic E-state index is 12.7. The van der Waals surface area contributed by atoms with Crippen molar-refractivity contribution < 1.29 is 41.7 Å². The second kappa shape index (κ2) is 6.06. The highest BCUT2D eigenvalue weighted by atomic mass is 19.4. The maximum Gasteiger partial charge on any atom is 0.418 e. The topological polar surface area (TPSA) is 113 Å². The van der Waals surface area contributed by atoms with Gasteiger partial charge >= 0.3 is 12.4 Å². The third-order valence-electron chi connectivity index (χ3n) is 3.15. The summed E-state index contributed by atoms with van der Waals surface area (Å²) in [5.74, 6) is 0. The fourth-order valence-electron chi connectivity index (χ4n) is 1.99. The van der Waals surface area contributed by atoms with Crippen molar-refractivity contribution >= 4 is 11.4 Å². The van der Waals surface area contributed by atoms with Gasteiger partial charge in [-0.1, -0.05) is 0 Å². The first-order valence-electron chi connectivity index (χ1n) is 6.08. The summed E-state index contributed by atoms with van der Waals surface area (Å²) >= 11 is 0. The Hall–Kier alpha value is -1.72. The van der Waals surface area contributed by atoms with E-state index in [0.717, 1.165) is 6.92 Å². The van der Waals surface area contributed by atoms with Gasteiger partial charge in [0.2, 0.25) is 0 Å². The molecule has 3 unspecified atom stereocenters. The SMILES string of the molecule is CC(O)c1cc(C(O)C(F)(F)F)c(N)c(C(O)C(F)(F)F)c1N. The van der Waals surface area contributed by atoms with Crippen LogP contribution in [0.4, 0.5) is 37.7 Å². The first kappa shape index (κ1) is 19.3. The van der Waals surface area contributed by atoms with E-state index in [-0.39, 0.29) is 0 Å². The largest absolute Gasteiger partial charge is 0.418 e. The number of halogens is 6. The fourth-order valence-corrected chi connectivity index (χ4v) is 1.99. The highest BCUT2D eigenvalue weighted by Gasteiger charge is 2.45. The highest BCUT2D eigenvalue weighted by Crippen LogP contribution is 2.45. The molecule has 0 aliphatic carbocycles. The van der Waals surface area contributed by atoms with Gasteiger partial charge in [0.15, 0.2) is 12.2 Å². The number of aliphatic hydroxyl groups is 3. The van der Waals surface area contributed by atoms with Gasteiger partial charge in [-0.25, -0.2) is 0 Å². The van der Waals surface area contributed by atoms with Crippen LogP contribution in [0.3, 0.4) is 0 Å². The van der Waals surface area contributed by atoms with Crippen LogP contribution in [0.15, 0.2) is 6.07 Å². The lowest BCUT2D eigenvalue weighted by Crippen LogP contribution is -2.26. The molecular formula is C12H14F6N2O3. The Kier molecular flexibility index (Phi) is 5.09. The molecular weight excluding hydrogens is 334 g/mol. The Morgan fingerprint density at radius 1 is 0.826 bits per heavy atom. The van der Waals surface area contributed by atoms with Gasteiger partial charge in [0.05, 0.1) is 6.10 Å². The van der Waals surface area contributed by atoms with Crippen LogP contribution in [0.1, 0.15) is 41.9 Å². The maximum atomic E-state index is 12.7. The molecule has 132 valence electrons. The summed E-state index contributed by atoms with van der Waals surface area (Å²) in [4.78, 5) is 0. The summed E-state index contributed by atoms with van der Waals surface area (Å²) < 4.78 is 76.0. The first-order chi connectivity index (χ1) is 10.2.